The van der Waals surface area contributed by atoms with E-state index in [-0.39, 0.29) is 12.0 Å². The van der Waals surface area contributed by atoms with Crippen molar-refractivity contribution in [3.05, 3.63) is 35.4 Å². The molecule has 0 bridgehead atoms. The first-order chi connectivity index (χ1) is 8.44. The number of aliphatic hydroxyl groups excluding tert-OH is 1. The van der Waals surface area contributed by atoms with Crippen LogP contribution >= 0.6 is 0 Å². The predicted molar refractivity (Wildman–Crippen MR) is 66.4 cm³/mol. The first-order valence-corrected chi connectivity index (χ1v) is 6.19. The average Bonchev–Trinajstić information content (AvgIpc) is 2.34. The van der Waals surface area contributed by atoms with E-state index in [0.29, 0.717) is 13.0 Å². The van der Waals surface area contributed by atoms with E-state index < -0.39 is 23.3 Å². The zero-order valence-corrected chi connectivity index (χ0v) is 11.0. The number of aliphatic hydroxyl groups is 1. The van der Waals surface area contributed by atoms with Crippen LogP contribution in [0.3, 0.4) is 0 Å². The van der Waals surface area contributed by atoms with E-state index in [0.717, 1.165) is 0 Å². The van der Waals surface area contributed by atoms with Crippen molar-refractivity contribution in [2.75, 3.05) is 6.61 Å². The largest absolute Gasteiger partial charge is 0.390 e. The molecule has 0 saturated carbocycles. The maximum atomic E-state index is 13.5. The molecule has 0 heterocycles. The van der Waals surface area contributed by atoms with Crippen LogP contribution in [-0.4, -0.2) is 23.4 Å². The molecule has 0 fully saturated rings. The normalized spacial score (nSPS) is 16.3. The highest BCUT2D eigenvalue weighted by molar-refractivity contribution is 5.21. The molecule has 0 aromatic heterocycles. The summed E-state index contributed by atoms with van der Waals surface area (Å²) < 4.78 is 32.5. The van der Waals surface area contributed by atoms with Crippen LogP contribution in [0.15, 0.2) is 18.2 Å². The highest BCUT2D eigenvalue weighted by atomic mass is 19.1. The molecule has 0 aliphatic rings. The van der Waals surface area contributed by atoms with E-state index in [9.17, 15) is 13.9 Å². The van der Waals surface area contributed by atoms with Gasteiger partial charge in [0.15, 0.2) is 0 Å². The third-order valence-corrected chi connectivity index (χ3v) is 3.34. The van der Waals surface area contributed by atoms with Gasteiger partial charge in [0.05, 0.1) is 11.7 Å². The number of rotatable bonds is 6. The Kier molecular flexibility index (Phi) is 5.23. The summed E-state index contributed by atoms with van der Waals surface area (Å²) >= 11 is 0. The van der Waals surface area contributed by atoms with Crippen LogP contribution in [0.4, 0.5) is 8.78 Å². The molecular formula is C14H20F2O2. The molecule has 0 saturated heterocycles. The third kappa shape index (κ3) is 3.27. The van der Waals surface area contributed by atoms with Crippen molar-refractivity contribution in [2.45, 2.75) is 45.3 Å². The van der Waals surface area contributed by atoms with Gasteiger partial charge < -0.3 is 9.84 Å². The zero-order valence-electron chi connectivity index (χ0n) is 11.0. The Morgan fingerprint density at radius 3 is 2.28 bits per heavy atom. The lowest BCUT2D eigenvalue weighted by atomic mass is 9.90. The van der Waals surface area contributed by atoms with Gasteiger partial charge in [0.25, 0.3) is 0 Å². The fourth-order valence-corrected chi connectivity index (χ4v) is 1.90. The van der Waals surface area contributed by atoms with E-state index in [1.54, 1.807) is 6.92 Å². The first-order valence-electron chi connectivity index (χ1n) is 6.19. The molecule has 4 heteroatoms. The molecule has 18 heavy (non-hydrogen) atoms. The number of hydrogen-bond donors (Lipinski definition) is 1. The second kappa shape index (κ2) is 6.25. The Morgan fingerprint density at radius 2 is 1.83 bits per heavy atom. The monoisotopic (exact) mass is 258 g/mol. The van der Waals surface area contributed by atoms with Gasteiger partial charge in [-0.1, -0.05) is 13.0 Å². The molecule has 2 nitrogen and oxygen atoms in total. The highest BCUT2D eigenvalue weighted by Gasteiger charge is 2.33. The minimum Gasteiger partial charge on any atom is -0.390 e. The number of ether oxygens (including phenoxy) is 1. The van der Waals surface area contributed by atoms with Crippen LogP contribution in [-0.2, 0) is 11.2 Å². The lowest BCUT2D eigenvalue weighted by Gasteiger charge is -2.33. The third-order valence-electron chi connectivity index (χ3n) is 3.34. The Morgan fingerprint density at radius 1 is 1.28 bits per heavy atom. The number of hydrogen-bond acceptors (Lipinski definition) is 2. The lowest BCUT2D eigenvalue weighted by Crippen LogP contribution is -2.43. The van der Waals surface area contributed by atoms with E-state index >= 15 is 0 Å². The summed E-state index contributed by atoms with van der Waals surface area (Å²) in [6.07, 6.45) is -0.477. The second-order valence-corrected chi connectivity index (χ2v) is 4.52. The van der Waals surface area contributed by atoms with Gasteiger partial charge in [-0.15, -0.1) is 0 Å². The smallest absolute Gasteiger partial charge is 0.129 e. The van der Waals surface area contributed by atoms with E-state index in [1.807, 2.05) is 13.8 Å². The van der Waals surface area contributed by atoms with Crippen molar-refractivity contribution in [3.63, 3.8) is 0 Å². The van der Waals surface area contributed by atoms with Crippen LogP contribution < -0.4 is 0 Å². The summed E-state index contributed by atoms with van der Waals surface area (Å²) in [5, 5.41) is 10.1. The van der Waals surface area contributed by atoms with Crippen molar-refractivity contribution in [1.82, 2.24) is 0 Å². The molecule has 0 aliphatic carbocycles. The first kappa shape index (κ1) is 15.1. The minimum atomic E-state index is -0.950. The maximum Gasteiger partial charge on any atom is 0.129 e. The Labute approximate surface area is 107 Å². The number of benzene rings is 1. The van der Waals surface area contributed by atoms with Gasteiger partial charge in [-0.3, -0.25) is 0 Å². The van der Waals surface area contributed by atoms with Gasteiger partial charge in [0.2, 0.25) is 0 Å². The summed E-state index contributed by atoms with van der Waals surface area (Å²) in [5.41, 5.74) is -0.881. The van der Waals surface area contributed by atoms with Gasteiger partial charge in [-0.05, 0) is 32.4 Å². The summed E-state index contributed by atoms with van der Waals surface area (Å²) in [4.78, 5) is 0. The van der Waals surface area contributed by atoms with Crippen LogP contribution in [0, 0.1) is 11.6 Å². The highest BCUT2D eigenvalue weighted by Crippen LogP contribution is 2.25. The van der Waals surface area contributed by atoms with Gasteiger partial charge in [-0.2, -0.15) is 0 Å². The fraction of sp³-hybridized carbons (Fsp3) is 0.571. The van der Waals surface area contributed by atoms with Gasteiger partial charge in [0.1, 0.15) is 11.6 Å². The molecule has 1 N–H and O–H groups in total. The van der Waals surface area contributed by atoms with Crippen molar-refractivity contribution >= 4 is 0 Å². The standard InChI is InChI=1S/C14H20F2O2/c1-4-14(3,18-5-2)13(17)9-10-11(15)7-6-8-12(10)16/h6-8,13,17H,4-5,9H2,1-3H3. The Hall–Kier alpha value is -1.00. The summed E-state index contributed by atoms with van der Waals surface area (Å²) in [6.45, 7) is 5.89. The Bertz CT molecular complexity index is 375. The van der Waals surface area contributed by atoms with Crippen molar-refractivity contribution in [2.24, 2.45) is 0 Å². The molecular weight excluding hydrogens is 238 g/mol. The molecule has 2 unspecified atom stereocenters. The summed E-state index contributed by atoms with van der Waals surface area (Å²) in [6, 6.07) is 3.69. The predicted octanol–water partition coefficient (Wildman–Crippen LogP) is 3.07. The van der Waals surface area contributed by atoms with Gasteiger partial charge in [0, 0.05) is 18.6 Å². The molecule has 0 amide bonds. The molecule has 2 atom stereocenters. The quantitative estimate of drug-likeness (QED) is 0.849. The van der Waals surface area contributed by atoms with Crippen molar-refractivity contribution < 1.29 is 18.6 Å². The Balaban J connectivity index is 2.89. The van der Waals surface area contributed by atoms with Crippen LogP contribution in [0.5, 0.6) is 0 Å². The van der Waals surface area contributed by atoms with Crippen molar-refractivity contribution in [1.29, 1.82) is 0 Å². The van der Waals surface area contributed by atoms with Crippen LogP contribution in [0.2, 0.25) is 0 Å². The molecule has 1 aromatic carbocycles. The zero-order chi connectivity index (χ0) is 13.8. The second-order valence-electron chi connectivity index (χ2n) is 4.52. The van der Waals surface area contributed by atoms with Crippen molar-refractivity contribution in [3.8, 4) is 0 Å². The molecule has 102 valence electrons. The topological polar surface area (TPSA) is 29.5 Å². The SMILES string of the molecule is CCOC(C)(CC)C(O)Cc1c(F)cccc1F. The minimum absolute atomic E-state index is 0.0932. The molecule has 0 spiro atoms. The fourth-order valence-electron chi connectivity index (χ4n) is 1.90. The van der Waals surface area contributed by atoms with Crippen LogP contribution in [0.25, 0.3) is 0 Å². The average molecular weight is 258 g/mol. The molecule has 0 aliphatic heterocycles. The van der Waals surface area contributed by atoms with E-state index in [4.69, 9.17) is 4.74 Å². The molecule has 1 rings (SSSR count). The van der Waals surface area contributed by atoms with Gasteiger partial charge >= 0.3 is 0 Å². The van der Waals surface area contributed by atoms with E-state index in [1.165, 1.54) is 18.2 Å². The maximum absolute atomic E-state index is 13.5. The number of halogens is 2. The van der Waals surface area contributed by atoms with Crippen LogP contribution in [0.1, 0.15) is 32.8 Å². The summed E-state index contributed by atoms with van der Waals surface area (Å²) in [5.74, 6) is -1.27. The van der Waals surface area contributed by atoms with Gasteiger partial charge in [-0.25, -0.2) is 8.78 Å². The lowest BCUT2D eigenvalue weighted by molar-refractivity contribution is -0.110. The molecule has 0 radical (unpaired) electrons. The summed E-state index contributed by atoms with van der Waals surface area (Å²) in [7, 11) is 0. The van der Waals surface area contributed by atoms with E-state index in [2.05, 4.69) is 0 Å². The molecule has 1 aromatic rings.